The van der Waals surface area contributed by atoms with E-state index in [0.717, 1.165) is 10.6 Å². The normalized spacial score (nSPS) is 11.2. The highest BCUT2D eigenvalue weighted by Gasteiger charge is 2.06. The molecule has 0 unspecified atom stereocenters. The summed E-state index contributed by atoms with van der Waals surface area (Å²) in [5.41, 5.74) is 1.68. The van der Waals surface area contributed by atoms with Crippen molar-refractivity contribution in [1.82, 2.24) is 20.9 Å². The molecule has 0 bridgehead atoms. The van der Waals surface area contributed by atoms with Crippen LogP contribution in [0.3, 0.4) is 0 Å². The highest BCUT2D eigenvalue weighted by atomic mass is 32.1. The molecule has 1 heterocycles. The molecule has 0 atom stereocenters. The largest absolute Gasteiger partial charge is 0.352 e. The summed E-state index contributed by atoms with van der Waals surface area (Å²) in [4.78, 5) is 21.6. The standard InChI is InChI=1S/C17H23N5OS/c1-4-19-16(23)14-7-5-6-13(8-14)10-21-17(18-3)22-11-15-20-9-12(2)24-15/h5-9H,4,10-11H2,1-3H3,(H,19,23)(H2,18,21,22). The lowest BCUT2D eigenvalue weighted by molar-refractivity contribution is 0.0955. The van der Waals surface area contributed by atoms with Gasteiger partial charge in [-0.1, -0.05) is 12.1 Å². The molecule has 0 spiro atoms. The SMILES string of the molecule is CCNC(=O)c1cccc(CNC(=NC)NCc2ncc(C)s2)c1. The van der Waals surface area contributed by atoms with Crippen LogP contribution in [-0.4, -0.2) is 30.4 Å². The van der Waals surface area contributed by atoms with Crippen LogP contribution in [-0.2, 0) is 13.1 Å². The molecule has 0 saturated carbocycles. The summed E-state index contributed by atoms with van der Waals surface area (Å²) < 4.78 is 0. The van der Waals surface area contributed by atoms with Crippen LogP contribution >= 0.6 is 11.3 Å². The van der Waals surface area contributed by atoms with Crippen molar-refractivity contribution < 1.29 is 4.79 Å². The van der Waals surface area contributed by atoms with Crippen molar-refractivity contribution >= 4 is 23.2 Å². The molecular weight excluding hydrogens is 322 g/mol. The third-order valence-corrected chi connectivity index (χ3v) is 4.20. The molecule has 0 aliphatic heterocycles. The van der Waals surface area contributed by atoms with Crippen LogP contribution in [0.4, 0.5) is 0 Å². The Morgan fingerprint density at radius 3 is 2.71 bits per heavy atom. The number of carbonyl (C=O) groups is 1. The molecule has 3 N–H and O–H groups in total. The smallest absolute Gasteiger partial charge is 0.251 e. The van der Waals surface area contributed by atoms with E-state index in [1.165, 1.54) is 4.88 Å². The molecule has 0 fully saturated rings. The molecular formula is C17H23N5OS. The Bertz CT molecular complexity index is 711. The Morgan fingerprint density at radius 2 is 2.04 bits per heavy atom. The molecule has 0 aliphatic carbocycles. The van der Waals surface area contributed by atoms with Crippen molar-refractivity contribution in [2.75, 3.05) is 13.6 Å². The van der Waals surface area contributed by atoms with E-state index in [-0.39, 0.29) is 5.91 Å². The van der Waals surface area contributed by atoms with Crippen molar-refractivity contribution in [2.45, 2.75) is 26.9 Å². The Morgan fingerprint density at radius 1 is 1.25 bits per heavy atom. The van der Waals surface area contributed by atoms with Gasteiger partial charge in [-0.2, -0.15) is 0 Å². The minimum absolute atomic E-state index is 0.0546. The highest BCUT2D eigenvalue weighted by molar-refractivity contribution is 7.11. The fraction of sp³-hybridized carbons (Fsp3) is 0.353. The van der Waals surface area contributed by atoms with Gasteiger partial charge in [-0.05, 0) is 31.5 Å². The van der Waals surface area contributed by atoms with Gasteiger partial charge in [0.2, 0.25) is 0 Å². The molecule has 2 aromatic rings. The highest BCUT2D eigenvalue weighted by Crippen LogP contribution is 2.10. The van der Waals surface area contributed by atoms with E-state index in [9.17, 15) is 4.79 Å². The molecule has 0 saturated heterocycles. The lowest BCUT2D eigenvalue weighted by Gasteiger charge is -2.11. The monoisotopic (exact) mass is 345 g/mol. The van der Waals surface area contributed by atoms with Crippen LogP contribution < -0.4 is 16.0 Å². The zero-order valence-electron chi connectivity index (χ0n) is 14.2. The van der Waals surface area contributed by atoms with Crippen molar-refractivity contribution in [2.24, 2.45) is 4.99 Å². The molecule has 1 aromatic heterocycles. The first-order valence-electron chi connectivity index (χ1n) is 7.85. The van der Waals surface area contributed by atoms with Gasteiger partial charge < -0.3 is 16.0 Å². The zero-order valence-corrected chi connectivity index (χ0v) is 15.0. The molecule has 0 radical (unpaired) electrons. The summed E-state index contributed by atoms with van der Waals surface area (Å²) >= 11 is 1.66. The Labute approximate surface area is 146 Å². The second-order valence-corrected chi connectivity index (χ2v) is 6.52. The van der Waals surface area contributed by atoms with Crippen LogP contribution in [0.2, 0.25) is 0 Å². The number of carbonyl (C=O) groups excluding carboxylic acids is 1. The van der Waals surface area contributed by atoms with Crippen LogP contribution in [0.15, 0.2) is 35.5 Å². The number of rotatable bonds is 6. The summed E-state index contributed by atoms with van der Waals surface area (Å²) in [6.45, 7) is 5.79. The summed E-state index contributed by atoms with van der Waals surface area (Å²) in [6.07, 6.45) is 1.87. The van der Waals surface area contributed by atoms with Crippen molar-refractivity contribution in [1.29, 1.82) is 0 Å². The van der Waals surface area contributed by atoms with Crippen LogP contribution in [0.25, 0.3) is 0 Å². The fourth-order valence-corrected chi connectivity index (χ4v) is 2.86. The number of aliphatic imine (C=N–C) groups is 1. The average Bonchev–Trinajstić information content (AvgIpc) is 3.01. The maximum Gasteiger partial charge on any atom is 0.251 e. The number of aromatic nitrogens is 1. The lowest BCUT2D eigenvalue weighted by Crippen LogP contribution is -2.36. The lowest BCUT2D eigenvalue weighted by atomic mass is 10.1. The topological polar surface area (TPSA) is 78.4 Å². The number of aryl methyl sites for hydroxylation is 1. The summed E-state index contributed by atoms with van der Waals surface area (Å²) in [6, 6.07) is 7.56. The third-order valence-electron chi connectivity index (χ3n) is 3.29. The van der Waals surface area contributed by atoms with Crippen LogP contribution in [0, 0.1) is 6.92 Å². The first-order valence-corrected chi connectivity index (χ1v) is 8.67. The van der Waals surface area contributed by atoms with E-state index in [1.54, 1.807) is 18.4 Å². The first kappa shape index (κ1) is 17.9. The van der Waals surface area contributed by atoms with Gasteiger partial charge in [0.05, 0.1) is 6.54 Å². The van der Waals surface area contributed by atoms with E-state index < -0.39 is 0 Å². The Kier molecular flexibility index (Phi) is 6.74. The van der Waals surface area contributed by atoms with Gasteiger partial charge in [0.15, 0.2) is 5.96 Å². The second-order valence-electron chi connectivity index (χ2n) is 5.20. The van der Waals surface area contributed by atoms with Gasteiger partial charge in [0.25, 0.3) is 5.91 Å². The number of hydrogen-bond donors (Lipinski definition) is 3. The summed E-state index contributed by atoms with van der Waals surface area (Å²) in [7, 11) is 1.73. The molecule has 1 aromatic carbocycles. The molecule has 0 aliphatic rings. The van der Waals surface area contributed by atoms with Gasteiger partial charge in [-0.15, -0.1) is 11.3 Å². The van der Waals surface area contributed by atoms with E-state index in [0.29, 0.717) is 31.2 Å². The molecule has 1 amide bonds. The van der Waals surface area contributed by atoms with Gasteiger partial charge >= 0.3 is 0 Å². The van der Waals surface area contributed by atoms with E-state index >= 15 is 0 Å². The summed E-state index contributed by atoms with van der Waals surface area (Å²) in [5, 5.41) is 10.3. The van der Waals surface area contributed by atoms with E-state index in [1.807, 2.05) is 44.3 Å². The predicted molar refractivity (Wildman–Crippen MR) is 98.3 cm³/mol. The quantitative estimate of drug-likeness (QED) is 0.553. The van der Waals surface area contributed by atoms with Gasteiger partial charge in [-0.25, -0.2) is 4.98 Å². The van der Waals surface area contributed by atoms with Gasteiger partial charge in [0, 0.05) is 36.8 Å². The molecule has 6 nitrogen and oxygen atoms in total. The minimum atomic E-state index is -0.0546. The Hall–Kier alpha value is -2.41. The number of benzene rings is 1. The number of thiazole rings is 1. The van der Waals surface area contributed by atoms with Crippen LogP contribution in [0.5, 0.6) is 0 Å². The van der Waals surface area contributed by atoms with Crippen molar-refractivity contribution in [3.05, 3.63) is 51.5 Å². The number of hydrogen-bond acceptors (Lipinski definition) is 4. The van der Waals surface area contributed by atoms with E-state index in [4.69, 9.17) is 0 Å². The van der Waals surface area contributed by atoms with Crippen molar-refractivity contribution in [3.63, 3.8) is 0 Å². The molecule has 2 rings (SSSR count). The predicted octanol–water partition coefficient (Wildman–Crippen LogP) is 2.07. The fourth-order valence-electron chi connectivity index (χ4n) is 2.13. The second kappa shape index (κ2) is 9.02. The molecule has 7 heteroatoms. The maximum absolute atomic E-state index is 11.9. The first-order chi connectivity index (χ1) is 11.6. The molecule has 24 heavy (non-hydrogen) atoms. The summed E-state index contributed by atoms with van der Waals surface area (Å²) in [5.74, 6) is 0.646. The molecule has 128 valence electrons. The van der Waals surface area contributed by atoms with Gasteiger partial charge in [-0.3, -0.25) is 9.79 Å². The zero-order chi connectivity index (χ0) is 17.4. The third kappa shape index (κ3) is 5.34. The minimum Gasteiger partial charge on any atom is -0.352 e. The van der Waals surface area contributed by atoms with Crippen molar-refractivity contribution in [3.8, 4) is 0 Å². The number of amides is 1. The number of nitrogens with zero attached hydrogens (tertiary/aromatic N) is 2. The number of nitrogens with one attached hydrogen (secondary N) is 3. The average molecular weight is 345 g/mol. The van der Waals surface area contributed by atoms with Crippen LogP contribution in [0.1, 0.15) is 32.7 Å². The maximum atomic E-state index is 11.9. The Balaban J connectivity index is 1.88. The van der Waals surface area contributed by atoms with Gasteiger partial charge in [0.1, 0.15) is 5.01 Å². The van der Waals surface area contributed by atoms with E-state index in [2.05, 4.69) is 25.9 Å². The number of guanidine groups is 1.